The summed E-state index contributed by atoms with van der Waals surface area (Å²) in [6.45, 7) is 0. The van der Waals surface area contributed by atoms with Gasteiger partial charge < -0.3 is 5.11 Å². The molecule has 1 aromatic heterocycles. The van der Waals surface area contributed by atoms with Crippen LogP contribution in [0.4, 0.5) is 8.78 Å². The fourth-order valence-electron chi connectivity index (χ4n) is 1.79. The number of nitrogens with zero attached hydrogens (tertiary/aromatic N) is 3. The smallest absolute Gasteiger partial charge is 0.303 e. The van der Waals surface area contributed by atoms with Crippen molar-refractivity contribution in [2.45, 2.75) is 25.7 Å². The van der Waals surface area contributed by atoms with Crippen LogP contribution in [0.25, 0.3) is 5.69 Å². The van der Waals surface area contributed by atoms with Gasteiger partial charge in [-0.25, -0.2) is 13.5 Å². The zero-order valence-electron chi connectivity index (χ0n) is 10.6. The zero-order chi connectivity index (χ0) is 14.5. The van der Waals surface area contributed by atoms with E-state index in [0.717, 1.165) is 18.2 Å². The van der Waals surface area contributed by atoms with Gasteiger partial charge in [-0.1, -0.05) is 5.21 Å². The maximum absolute atomic E-state index is 13.1. The Morgan fingerprint density at radius 3 is 2.55 bits per heavy atom. The molecule has 0 fully saturated rings. The quantitative estimate of drug-likeness (QED) is 0.825. The third-order valence-corrected chi connectivity index (χ3v) is 2.73. The predicted octanol–water partition coefficient (Wildman–Crippen LogP) is 2.34. The number of halogens is 2. The molecule has 5 nitrogen and oxygen atoms in total. The van der Waals surface area contributed by atoms with E-state index in [0.29, 0.717) is 25.0 Å². The molecule has 0 unspecified atom stereocenters. The van der Waals surface area contributed by atoms with Gasteiger partial charge in [-0.2, -0.15) is 0 Å². The average Bonchev–Trinajstić information content (AvgIpc) is 2.82. The van der Waals surface area contributed by atoms with Crippen molar-refractivity contribution in [2.75, 3.05) is 0 Å². The van der Waals surface area contributed by atoms with Gasteiger partial charge in [0, 0.05) is 12.5 Å². The van der Waals surface area contributed by atoms with Crippen LogP contribution in [0.5, 0.6) is 0 Å². The minimum atomic E-state index is -0.830. The molecule has 0 saturated heterocycles. The number of aliphatic carboxylic acids is 1. The lowest BCUT2D eigenvalue weighted by Gasteiger charge is -2.00. The number of aryl methyl sites for hydroxylation is 1. The number of benzene rings is 1. The first-order valence-corrected chi connectivity index (χ1v) is 6.14. The van der Waals surface area contributed by atoms with E-state index in [1.807, 2.05) is 0 Å². The standard InChI is InChI=1S/C13H13F2N3O2/c14-9-5-10(15)7-12(6-9)18-8-11(16-17-18)3-1-2-4-13(19)20/h5-8H,1-4H2,(H,19,20). The number of hydrogen-bond donors (Lipinski definition) is 1. The van der Waals surface area contributed by atoms with Crippen molar-refractivity contribution >= 4 is 5.97 Å². The van der Waals surface area contributed by atoms with Gasteiger partial charge in [0.15, 0.2) is 0 Å². The molecular weight excluding hydrogens is 268 g/mol. The number of rotatable bonds is 6. The van der Waals surface area contributed by atoms with Gasteiger partial charge in [0.2, 0.25) is 0 Å². The SMILES string of the molecule is O=C(O)CCCCc1cn(-c2cc(F)cc(F)c2)nn1. The van der Waals surface area contributed by atoms with Crippen LogP contribution in [0, 0.1) is 11.6 Å². The number of unbranched alkanes of at least 4 members (excludes halogenated alkanes) is 1. The summed E-state index contributed by atoms with van der Waals surface area (Å²) in [5, 5.41) is 16.2. The fraction of sp³-hybridized carbons (Fsp3) is 0.308. The highest BCUT2D eigenvalue weighted by Crippen LogP contribution is 2.13. The molecule has 1 heterocycles. The van der Waals surface area contributed by atoms with Gasteiger partial charge in [0.1, 0.15) is 11.6 Å². The summed E-state index contributed by atoms with van der Waals surface area (Å²) in [5.41, 5.74) is 0.909. The van der Waals surface area contributed by atoms with Crippen LogP contribution in [0.1, 0.15) is 25.0 Å². The maximum atomic E-state index is 13.1. The largest absolute Gasteiger partial charge is 0.481 e. The lowest BCUT2D eigenvalue weighted by molar-refractivity contribution is -0.137. The number of hydrogen-bond acceptors (Lipinski definition) is 3. The Morgan fingerprint density at radius 1 is 1.20 bits per heavy atom. The van der Waals surface area contributed by atoms with E-state index in [1.165, 1.54) is 4.68 Å². The molecule has 0 bridgehead atoms. The van der Waals surface area contributed by atoms with Crippen molar-refractivity contribution in [3.8, 4) is 5.69 Å². The number of carboxylic acids is 1. The van der Waals surface area contributed by atoms with Crippen LogP contribution in [0.2, 0.25) is 0 Å². The van der Waals surface area contributed by atoms with E-state index >= 15 is 0 Å². The fourth-order valence-corrected chi connectivity index (χ4v) is 1.79. The second kappa shape index (κ2) is 6.23. The highest BCUT2D eigenvalue weighted by atomic mass is 19.1. The lowest BCUT2D eigenvalue weighted by Crippen LogP contribution is -1.96. The van der Waals surface area contributed by atoms with E-state index in [2.05, 4.69) is 10.3 Å². The third kappa shape index (κ3) is 3.84. The van der Waals surface area contributed by atoms with E-state index < -0.39 is 17.6 Å². The molecule has 0 aliphatic rings. The summed E-state index contributed by atoms with van der Waals surface area (Å²) in [6.07, 6.45) is 3.49. The first-order chi connectivity index (χ1) is 9.54. The summed E-state index contributed by atoms with van der Waals surface area (Å²) in [6, 6.07) is 3.10. The molecule has 20 heavy (non-hydrogen) atoms. The number of aromatic nitrogens is 3. The molecule has 0 radical (unpaired) electrons. The van der Waals surface area contributed by atoms with Gasteiger partial charge in [0.25, 0.3) is 0 Å². The Bertz CT molecular complexity index is 593. The van der Waals surface area contributed by atoms with Crippen LogP contribution in [0.15, 0.2) is 24.4 Å². The average molecular weight is 281 g/mol. The Labute approximate surface area is 113 Å². The highest BCUT2D eigenvalue weighted by molar-refractivity contribution is 5.66. The second-order valence-electron chi connectivity index (χ2n) is 4.38. The van der Waals surface area contributed by atoms with Gasteiger partial charge in [-0.05, 0) is 31.4 Å². The molecule has 2 aromatic rings. The summed E-state index contributed by atoms with van der Waals surface area (Å²) >= 11 is 0. The van der Waals surface area contributed by atoms with Crippen LogP contribution < -0.4 is 0 Å². The topological polar surface area (TPSA) is 68.0 Å². The normalized spacial score (nSPS) is 10.7. The van der Waals surface area contributed by atoms with Crippen molar-refractivity contribution in [3.05, 3.63) is 41.7 Å². The highest BCUT2D eigenvalue weighted by Gasteiger charge is 2.06. The minimum Gasteiger partial charge on any atom is -0.481 e. The Kier molecular flexibility index (Phi) is 4.39. The van der Waals surface area contributed by atoms with Crippen molar-refractivity contribution in [1.29, 1.82) is 0 Å². The molecule has 7 heteroatoms. The van der Waals surface area contributed by atoms with Crippen molar-refractivity contribution in [3.63, 3.8) is 0 Å². The van der Waals surface area contributed by atoms with E-state index in [4.69, 9.17) is 5.11 Å². The molecule has 0 saturated carbocycles. The summed E-state index contributed by atoms with van der Waals surface area (Å²) < 4.78 is 27.5. The van der Waals surface area contributed by atoms with Gasteiger partial charge in [0.05, 0.1) is 17.6 Å². The van der Waals surface area contributed by atoms with Crippen LogP contribution in [-0.4, -0.2) is 26.1 Å². The van der Waals surface area contributed by atoms with Crippen molar-refractivity contribution in [1.82, 2.24) is 15.0 Å². The Balaban J connectivity index is 1.99. The molecule has 1 aromatic carbocycles. The predicted molar refractivity (Wildman–Crippen MR) is 66.5 cm³/mol. The molecular formula is C13H13F2N3O2. The molecule has 2 rings (SSSR count). The van der Waals surface area contributed by atoms with E-state index in [9.17, 15) is 13.6 Å². The van der Waals surface area contributed by atoms with Gasteiger partial charge >= 0.3 is 5.97 Å². The van der Waals surface area contributed by atoms with Gasteiger partial charge in [-0.3, -0.25) is 4.79 Å². The molecule has 0 spiro atoms. The molecule has 106 valence electrons. The first-order valence-electron chi connectivity index (χ1n) is 6.14. The Morgan fingerprint density at radius 2 is 1.90 bits per heavy atom. The van der Waals surface area contributed by atoms with Crippen LogP contribution in [0.3, 0.4) is 0 Å². The lowest BCUT2D eigenvalue weighted by atomic mass is 10.1. The monoisotopic (exact) mass is 281 g/mol. The summed E-state index contributed by atoms with van der Waals surface area (Å²) in [4.78, 5) is 10.4. The van der Waals surface area contributed by atoms with E-state index in [1.54, 1.807) is 6.20 Å². The van der Waals surface area contributed by atoms with Crippen molar-refractivity contribution < 1.29 is 18.7 Å². The first kappa shape index (κ1) is 14.1. The molecule has 0 aliphatic heterocycles. The molecule has 0 atom stereocenters. The molecule has 0 aliphatic carbocycles. The zero-order valence-corrected chi connectivity index (χ0v) is 10.6. The number of carbonyl (C=O) groups is 1. The second-order valence-corrected chi connectivity index (χ2v) is 4.38. The van der Waals surface area contributed by atoms with E-state index in [-0.39, 0.29) is 12.1 Å². The molecule has 0 amide bonds. The number of carboxylic acid groups (broad SMARTS) is 1. The van der Waals surface area contributed by atoms with Crippen molar-refractivity contribution in [2.24, 2.45) is 0 Å². The third-order valence-electron chi connectivity index (χ3n) is 2.73. The molecule has 1 N–H and O–H groups in total. The van der Waals surface area contributed by atoms with Crippen LogP contribution >= 0.6 is 0 Å². The maximum Gasteiger partial charge on any atom is 0.303 e. The van der Waals surface area contributed by atoms with Gasteiger partial charge in [-0.15, -0.1) is 5.10 Å². The summed E-state index contributed by atoms with van der Waals surface area (Å²) in [5.74, 6) is -2.19. The van der Waals surface area contributed by atoms with Crippen LogP contribution in [-0.2, 0) is 11.2 Å². The minimum absolute atomic E-state index is 0.114. The Hall–Kier alpha value is -2.31. The summed E-state index contributed by atoms with van der Waals surface area (Å²) in [7, 11) is 0.